The van der Waals surface area contributed by atoms with Crippen molar-refractivity contribution in [2.45, 2.75) is 13.8 Å². The molecule has 1 amide bonds. The number of rotatable bonds is 3. The molecule has 0 fully saturated rings. The van der Waals surface area contributed by atoms with Gasteiger partial charge < -0.3 is 5.32 Å². The minimum atomic E-state index is -0.311. The average Bonchev–Trinajstić information content (AvgIpc) is 2.50. The summed E-state index contributed by atoms with van der Waals surface area (Å²) in [5.74, 6) is -0.311. The van der Waals surface area contributed by atoms with Crippen LogP contribution in [0.2, 0.25) is 5.02 Å². The highest BCUT2D eigenvalue weighted by atomic mass is 35.5. The van der Waals surface area contributed by atoms with Crippen LogP contribution in [0.5, 0.6) is 0 Å². The van der Waals surface area contributed by atoms with Gasteiger partial charge in [0.1, 0.15) is 0 Å². The van der Waals surface area contributed by atoms with Gasteiger partial charge in [0.05, 0.1) is 0 Å². The molecule has 0 heterocycles. The monoisotopic (exact) mass is 344 g/mol. The first-order valence-electron chi connectivity index (χ1n) is 7.08. The second kappa shape index (κ2) is 7.90. The zero-order chi connectivity index (χ0) is 16.8. The van der Waals surface area contributed by atoms with E-state index in [1.165, 1.54) is 6.08 Å². The number of nitrogens with one attached hydrogen (secondary N) is 2. The number of hydrogen-bond donors (Lipinski definition) is 2. The minimum Gasteiger partial charge on any atom is -0.332 e. The Labute approximate surface area is 146 Å². The molecule has 0 saturated carbocycles. The Morgan fingerprint density at radius 1 is 1.09 bits per heavy atom. The normalized spacial score (nSPS) is 10.6. The van der Waals surface area contributed by atoms with Crippen LogP contribution in [-0.4, -0.2) is 11.0 Å². The van der Waals surface area contributed by atoms with Crippen LogP contribution in [0.25, 0.3) is 6.08 Å². The Hall–Kier alpha value is -2.17. The van der Waals surface area contributed by atoms with Gasteiger partial charge in [0.2, 0.25) is 5.91 Å². The predicted octanol–water partition coefficient (Wildman–Crippen LogP) is 4.48. The fourth-order valence-electron chi connectivity index (χ4n) is 2.09. The highest BCUT2D eigenvalue weighted by Crippen LogP contribution is 2.19. The van der Waals surface area contributed by atoms with Crippen LogP contribution in [0.1, 0.15) is 16.7 Å². The quantitative estimate of drug-likeness (QED) is 0.637. The van der Waals surface area contributed by atoms with Crippen molar-refractivity contribution < 1.29 is 4.79 Å². The molecule has 0 aliphatic rings. The van der Waals surface area contributed by atoms with Crippen LogP contribution in [0.15, 0.2) is 48.5 Å². The number of amides is 1. The summed E-state index contributed by atoms with van der Waals surface area (Å²) in [7, 11) is 0. The van der Waals surface area contributed by atoms with E-state index >= 15 is 0 Å². The largest absolute Gasteiger partial charge is 0.332 e. The summed E-state index contributed by atoms with van der Waals surface area (Å²) in [6.45, 7) is 3.97. The Kier molecular flexibility index (Phi) is 5.90. The van der Waals surface area contributed by atoms with Crippen molar-refractivity contribution in [1.82, 2.24) is 5.32 Å². The van der Waals surface area contributed by atoms with Crippen molar-refractivity contribution in [2.75, 3.05) is 5.32 Å². The predicted molar refractivity (Wildman–Crippen MR) is 101 cm³/mol. The number of carbonyl (C=O) groups excluding carboxylic acids is 1. The molecule has 118 valence electrons. The molecule has 0 aromatic heterocycles. The number of anilines is 1. The van der Waals surface area contributed by atoms with Gasteiger partial charge in [-0.25, -0.2) is 0 Å². The molecule has 2 rings (SSSR count). The van der Waals surface area contributed by atoms with Gasteiger partial charge in [-0.05, 0) is 54.9 Å². The van der Waals surface area contributed by atoms with E-state index in [0.29, 0.717) is 5.02 Å². The lowest BCUT2D eigenvalue weighted by molar-refractivity contribution is -0.115. The molecule has 23 heavy (non-hydrogen) atoms. The van der Waals surface area contributed by atoms with E-state index in [4.69, 9.17) is 23.8 Å². The average molecular weight is 345 g/mol. The summed E-state index contributed by atoms with van der Waals surface area (Å²) in [6, 6.07) is 13.2. The van der Waals surface area contributed by atoms with Crippen LogP contribution in [0, 0.1) is 13.8 Å². The van der Waals surface area contributed by atoms with Crippen LogP contribution in [0.4, 0.5) is 5.69 Å². The molecule has 2 aromatic carbocycles. The van der Waals surface area contributed by atoms with E-state index in [-0.39, 0.29) is 11.0 Å². The maximum absolute atomic E-state index is 11.9. The summed E-state index contributed by atoms with van der Waals surface area (Å²) < 4.78 is 0. The number of para-hydroxylation sites is 1. The van der Waals surface area contributed by atoms with E-state index in [2.05, 4.69) is 10.6 Å². The van der Waals surface area contributed by atoms with Gasteiger partial charge >= 0.3 is 0 Å². The van der Waals surface area contributed by atoms with Crippen molar-refractivity contribution in [3.05, 3.63) is 70.3 Å². The lowest BCUT2D eigenvalue weighted by Crippen LogP contribution is -2.33. The zero-order valence-corrected chi connectivity index (χ0v) is 14.5. The molecule has 5 heteroatoms. The third-order valence-corrected chi connectivity index (χ3v) is 3.82. The second-order valence-corrected chi connectivity index (χ2v) is 5.88. The molecule has 0 radical (unpaired) electrons. The molecule has 2 aromatic rings. The van der Waals surface area contributed by atoms with Crippen LogP contribution in [0.3, 0.4) is 0 Å². The molecule has 0 atom stereocenters. The summed E-state index contributed by atoms with van der Waals surface area (Å²) in [6.07, 6.45) is 3.05. The lowest BCUT2D eigenvalue weighted by atomic mass is 10.1. The first kappa shape index (κ1) is 17.2. The molecule has 0 aliphatic carbocycles. The fourth-order valence-corrected chi connectivity index (χ4v) is 2.49. The highest BCUT2D eigenvalue weighted by Gasteiger charge is 2.06. The van der Waals surface area contributed by atoms with Gasteiger partial charge in [-0.2, -0.15) is 0 Å². The highest BCUT2D eigenvalue weighted by molar-refractivity contribution is 7.80. The van der Waals surface area contributed by atoms with Gasteiger partial charge in [0.15, 0.2) is 5.11 Å². The van der Waals surface area contributed by atoms with E-state index in [1.807, 2.05) is 50.2 Å². The summed E-state index contributed by atoms with van der Waals surface area (Å²) in [4.78, 5) is 11.9. The van der Waals surface area contributed by atoms with Crippen molar-refractivity contribution in [3.63, 3.8) is 0 Å². The van der Waals surface area contributed by atoms with Crippen molar-refractivity contribution in [3.8, 4) is 0 Å². The topological polar surface area (TPSA) is 41.1 Å². The Morgan fingerprint density at radius 2 is 1.74 bits per heavy atom. The van der Waals surface area contributed by atoms with E-state index in [1.54, 1.807) is 12.1 Å². The zero-order valence-electron chi connectivity index (χ0n) is 12.9. The molecular formula is C18H17ClN2OS. The van der Waals surface area contributed by atoms with Gasteiger partial charge in [-0.15, -0.1) is 0 Å². The van der Waals surface area contributed by atoms with E-state index in [9.17, 15) is 4.79 Å². The third kappa shape index (κ3) is 4.91. The number of carbonyl (C=O) groups is 1. The van der Waals surface area contributed by atoms with E-state index < -0.39 is 0 Å². The number of thiocarbonyl (C=S) groups is 1. The molecule has 0 bridgehead atoms. The third-order valence-electron chi connectivity index (χ3n) is 3.28. The van der Waals surface area contributed by atoms with Crippen molar-refractivity contribution in [2.24, 2.45) is 0 Å². The number of hydrogen-bond acceptors (Lipinski definition) is 2. The van der Waals surface area contributed by atoms with Gasteiger partial charge in [-0.3, -0.25) is 10.1 Å². The van der Waals surface area contributed by atoms with Crippen molar-refractivity contribution >= 4 is 46.6 Å². The van der Waals surface area contributed by atoms with Crippen LogP contribution in [-0.2, 0) is 4.79 Å². The maximum atomic E-state index is 11.9. The van der Waals surface area contributed by atoms with E-state index in [0.717, 1.165) is 22.4 Å². The Bertz CT molecular complexity index is 751. The Balaban J connectivity index is 1.98. The number of aryl methyl sites for hydroxylation is 2. The molecule has 3 nitrogen and oxygen atoms in total. The van der Waals surface area contributed by atoms with Gasteiger partial charge in [0, 0.05) is 16.8 Å². The summed E-state index contributed by atoms with van der Waals surface area (Å²) >= 11 is 11.2. The number of halogens is 1. The molecule has 0 unspecified atom stereocenters. The van der Waals surface area contributed by atoms with Gasteiger partial charge in [0.25, 0.3) is 0 Å². The molecular weight excluding hydrogens is 328 g/mol. The smallest absolute Gasteiger partial charge is 0.250 e. The summed E-state index contributed by atoms with van der Waals surface area (Å²) in [5.41, 5.74) is 3.81. The summed E-state index contributed by atoms with van der Waals surface area (Å²) in [5, 5.41) is 6.53. The minimum absolute atomic E-state index is 0.260. The molecule has 2 N–H and O–H groups in total. The molecule has 0 saturated heterocycles. The fraction of sp³-hybridized carbons (Fsp3) is 0.111. The molecule has 0 spiro atoms. The maximum Gasteiger partial charge on any atom is 0.250 e. The van der Waals surface area contributed by atoms with Crippen LogP contribution < -0.4 is 10.6 Å². The lowest BCUT2D eigenvalue weighted by Gasteiger charge is -2.13. The van der Waals surface area contributed by atoms with Crippen LogP contribution >= 0.6 is 23.8 Å². The standard InChI is InChI=1S/C18H17ClN2OS/c1-12-6-5-7-13(2)17(12)21-18(23)20-16(22)11-10-14-8-3-4-9-15(14)19/h3-11H,1-2H3,(H2,20,21,22,23)/b11-10+. The molecule has 0 aliphatic heterocycles. The first-order chi connectivity index (χ1) is 11.0. The number of benzene rings is 2. The van der Waals surface area contributed by atoms with Crippen molar-refractivity contribution in [1.29, 1.82) is 0 Å². The van der Waals surface area contributed by atoms with Gasteiger partial charge in [-0.1, -0.05) is 48.0 Å². The Morgan fingerprint density at radius 3 is 2.39 bits per heavy atom. The SMILES string of the molecule is Cc1cccc(C)c1NC(=S)NC(=O)/C=C/c1ccccc1Cl. The second-order valence-electron chi connectivity index (χ2n) is 5.07. The first-order valence-corrected chi connectivity index (χ1v) is 7.87.